The zero-order valence-corrected chi connectivity index (χ0v) is 16.9. The minimum Gasteiger partial charge on any atom is -0.466 e. The second-order valence-electron chi connectivity index (χ2n) is 3.78. The van der Waals surface area contributed by atoms with Gasteiger partial charge in [0.2, 0.25) is 0 Å². The van der Waals surface area contributed by atoms with Gasteiger partial charge in [-0.3, -0.25) is 18.7 Å². The highest BCUT2D eigenvalue weighted by Crippen LogP contribution is 1.81. The van der Waals surface area contributed by atoms with E-state index >= 15 is 0 Å². The summed E-state index contributed by atoms with van der Waals surface area (Å²) >= 11 is 0. The fourth-order valence-electron chi connectivity index (χ4n) is 0.526. The number of hydrogen-bond acceptors (Lipinski definition) is 8. The lowest BCUT2D eigenvalue weighted by atomic mass is 10.5. The number of hydrogen-bond donors (Lipinski definition) is 2. The van der Waals surface area contributed by atoms with E-state index in [0.29, 0.717) is 38.6 Å². The highest BCUT2D eigenvalue weighted by Gasteiger charge is 1.91. The molecule has 0 aliphatic carbocycles. The van der Waals surface area contributed by atoms with Crippen molar-refractivity contribution in [1.29, 1.82) is 0 Å². The van der Waals surface area contributed by atoms with Gasteiger partial charge in [-0.05, 0) is 13.8 Å². The molecule has 0 atom stereocenters. The van der Waals surface area contributed by atoms with Crippen molar-refractivity contribution in [1.82, 2.24) is 0 Å². The first-order valence-electron chi connectivity index (χ1n) is 6.78. The van der Waals surface area contributed by atoms with Crippen LogP contribution in [0.25, 0.3) is 0 Å². The Labute approximate surface area is 149 Å². The van der Waals surface area contributed by atoms with Crippen LogP contribution in [0.2, 0.25) is 0 Å². The Hall–Kier alpha value is -1.28. The van der Waals surface area contributed by atoms with E-state index in [4.69, 9.17) is 9.11 Å². The van der Waals surface area contributed by atoms with Crippen molar-refractivity contribution in [3.63, 3.8) is 0 Å². The molecule has 0 saturated heterocycles. The van der Waals surface area contributed by atoms with Gasteiger partial charge in [-0.25, -0.2) is 0 Å². The summed E-state index contributed by atoms with van der Waals surface area (Å²) in [5.41, 5.74) is 0. The lowest BCUT2D eigenvalue weighted by Gasteiger charge is -1.93. The van der Waals surface area contributed by atoms with Gasteiger partial charge in [0.25, 0.3) is 20.2 Å². The molecule has 0 amide bonds. The Morgan fingerprint density at radius 3 is 0.920 bits per heavy atom. The molecule has 0 unspecified atom stereocenters. The van der Waals surface area contributed by atoms with Crippen molar-refractivity contribution in [2.24, 2.45) is 0 Å². The van der Waals surface area contributed by atoms with Gasteiger partial charge in [-0.2, -0.15) is 16.8 Å². The number of carbonyl (C=O) groups excluding carboxylic acids is 2. The second-order valence-corrected chi connectivity index (χ2v) is 6.72. The Kier molecular flexibility index (Phi) is 29.0. The molecule has 0 bridgehead atoms. The Balaban J connectivity index is -0.0000000711. The molecule has 0 aliphatic rings. The predicted molar refractivity (Wildman–Crippen MR) is 92.4 cm³/mol. The molecule has 25 heavy (non-hydrogen) atoms. The average Bonchev–Trinajstić information content (AvgIpc) is 2.36. The van der Waals surface area contributed by atoms with Crippen LogP contribution in [0, 0.1) is 0 Å². The van der Waals surface area contributed by atoms with Crippen molar-refractivity contribution < 1.29 is 50.5 Å². The predicted octanol–water partition coefficient (Wildman–Crippen LogP) is 0.102. The first-order chi connectivity index (χ1) is 10.6. The van der Waals surface area contributed by atoms with Gasteiger partial charge >= 0.3 is 11.9 Å². The van der Waals surface area contributed by atoms with E-state index in [-0.39, 0.29) is 17.4 Å². The molecule has 0 rings (SSSR count). The SMILES string of the molecule is CCOC(=O)CC.CCOC(=O)CC.CS(=O)(=O)O.CS(=O)(=O)O.O. The van der Waals surface area contributed by atoms with Crippen molar-refractivity contribution in [3.8, 4) is 0 Å². The topological polar surface area (TPSA) is 193 Å². The van der Waals surface area contributed by atoms with Crippen LogP contribution in [0.15, 0.2) is 0 Å². The summed E-state index contributed by atoms with van der Waals surface area (Å²) < 4.78 is 60.8. The minimum absolute atomic E-state index is 0. The van der Waals surface area contributed by atoms with E-state index in [1.54, 1.807) is 27.7 Å². The largest absolute Gasteiger partial charge is 0.466 e. The highest BCUT2D eigenvalue weighted by atomic mass is 32.2. The maximum Gasteiger partial charge on any atom is 0.305 e. The standard InChI is InChI=1S/2C5H10O2.2CH4O3S.H2O/c2*1-3-5(6)7-4-2;2*1-5(2,3)4;/h2*3-4H2,1-2H3;2*1H3,(H,2,3,4);1H2. The fraction of sp³-hybridized carbons (Fsp3) is 0.833. The van der Waals surface area contributed by atoms with Gasteiger partial charge in [0.1, 0.15) is 0 Å². The summed E-state index contributed by atoms with van der Waals surface area (Å²) in [5.74, 6) is -0.245. The molecule has 0 aromatic heterocycles. The summed E-state index contributed by atoms with van der Waals surface area (Å²) in [5, 5.41) is 0. The quantitative estimate of drug-likeness (QED) is 0.470. The van der Waals surface area contributed by atoms with E-state index in [2.05, 4.69) is 9.47 Å². The van der Waals surface area contributed by atoms with Crippen LogP contribution >= 0.6 is 0 Å². The van der Waals surface area contributed by atoms with E-state index in [9.17, 15) is 26.4 Å². The molecule has 0 aliphatic heterocycles. The summed E-state index contributed by atoms with van der Waals surface area (Å²) in [4.78, 5) is 20.4. The Morgan fingerprint density at radius 1 is 0.720 bits per heavy atom. The maximum atomic E-state index is 10.2. The molecule has 0 aromatic rings. The molecule has 13 heteroatoms. The highest BCUT2D eigenvalue weighted by molar-refractivity contribution is 7.85. The van der Waals surface area contributed by atoms with Crippen LogP contribution in [0.1, 0.15) is 40.5 Å². The third kappa shape index (κ3) is 128. The van der Waals surface area contributed by atoms with Crippen LogP contribution < -0.4 is 0 Å². The second kappa shape index (κ2) is 20.8. The number of ether oxygens (including phenoxy) is 2. The van der Waals surface area contributed by atoms with Crippen molar-refractivity contribution in [2.45, 2.75) is 40.5 Å². The summed E-state index contributed by atoms with van der Waals surface area (Å²) in [6, 6.07) is 0. The average molecular weight is 414 g/mol. The summed E-state index contributed by atoms with van der Waals surface area (Å²) in [6.07, 6.45) is 2.39. The van der Waals surface area contributed by atoms with Crippen molar-refractivity contribution in [2.75, 3.05) is 25.7 Å². The first-order valence-corrected chi connectivity index (χ1v) is 10.5. The zero-order valence-electron chi connectivity index (χ0n) is 15.3. The lowest BCUT2D eigenvalue weighted by molar-refractivity contribution is -0.143. The molecule has 156 valence electrons. The Morgan fingerprint density at radius 2 is 0.880 bits per heavy atom. The summed E-state index contributed by atoms with van der Waals surface area (Å²) in [6.45, 7) is 8.14. The van der Waals surface area contributed by atoms with Gasteiger partial charge in [-0.15, -0.1) is 0 Å². The van der Waals surface area contributed by atoms with Crippen LogP contribution in [0.5, 0.6) is 0 Å². The van der Waals surface area contributed by atoms with Crippen LogP contribution in [0.3, 0.4) is 0 Å². The van der Waals surface area contributed by atoms with Crippen LogP contribution in [0.4, 0.5) is 0 Å². The molecular weight excluding hydrogens is 384 g/mol. The fourth-order valence-corrected chi connectivity index (χ4v) is 0.526. The number of rotatable bonds is 4. The molecule has 0 fully saturated rings. The van der Waals surface area contributed by atoms with Crippen molar-refractivity contribution in [3.05, 3.63) is 0 Å². The monoisotopic (exact) mass is 414 g/mol. The van der Waals surface area contributed by atoms with Crippen LogP contribution in [-0.4, -0.2) is 69.1 Å². The van der Waals surface area contributed by atoms with Gasteiger partial charge in [-0.1, -0.05) is 13.8 Å². The molecule has 0 saturated carbocycles. The van der Waals surface area contributed by atoms with Gasteiger partial charge < -0.3 is 14.9 Å². The van der Waals surface area contributed by atoms with E-state index < -0.39 is 20.2 Å². The Bertz CT molecular complexity index is 445. The molecule has 11 nitrogen and oxygen atoms in total. The van der Waals surface area contributed by atoms with Crippen molar-refractivity contribution >= 4 is 32.2 Å². The van der Waals surface area contributed by atoms with E-state index in [1.807, 2.05) is 0 Å². The first kappa shape index (κ1) is 34.9. The zero-order chi connectivity index (χ0) is 20.4. The third-order valence-electron chi connectivity index (χ3n) is 1.19. The molecule has 0 radical (unpaired) electrons. The number of esters is 2. The summed E-state index contributed by atoms with van der Waals surface area (Å²) in [7, 11) is -7.33. The minimum atomic E-state index is -3.67. The molecule has 0 aromatic carbocycles. The van der Waals surface area contributed by atoms with E-state index in [0.717, 1.165) is 0 Å². The third-order valence-corrected chi connectivity index (χ3v) is 1.19. The van der Waals surface area contributed by atoms with Crippen LogP contribution in [-0.2, 0) is 39.3 Å². The van der Waals surface area contributed by atoms with Gasteiger partial charge in [0.15, 0.2) is 0 Å². The lowest BCUT2D eigenvalue weighted by Crippen LogP contribution is -2.00. The maximum absolute atomic E-state index is 10.2. The van der Waals surface area contributed by atoms with E-state index in [1.165, 1.54) is 0 Å². The molecule has 4 N–H and O–H groups in total. The smallest absolute Gasteiger partial charge is 0.305 e. The molecular formula is C12H30O11S2. The van der Waals surface area contributed by atoms with Gasteiger partial charge in [0.05, 0.1) is 25.7 Å². The normalized spacial score (nSPS) is 9.28. The molecule has 0 spiro atoms. The van der Waals surface area contributed by atoms with Gasteiger partial charge in [0, 0.05) is 12.8 Å². The molecule has 0 heterocycles. The number of carbonyl (C=O) groups is 2.